The van der Waals surface area contributed by atoms with Crippen LogP contribution in [0.25, 0.3) is 21.8 Å². The largest absolute Gasteiger partial charge is 0.444 e. The van der Waals surface area contributed by atoms with Crippen molar-refractivity contribution in [2.24, 2.45) is 0 Å². The number of oxazole rings is 1. The van der Waals surface area contributed by atoms with E-state index in [2.05, 4.69) is 10.3 Å². The highest BCUT2D eigenvalue weighted by Gasteiger charge is 2.50. The van der Waals surface area contributed by atoms with E-state index in [1.165, 1.54) is 22.6 Å². The maximum Gasteiger partial charge on any atom is 0.317 e. The van der Waals surface area contributed by atoms with Crippen LogP contribution in [-0.2, 0) is 19.4 Å². The zero-order chi connectivity index (χ0) is 26.8. The van der Waals surface area contributed by atoms with Crippen molar-refractivity contribution in [3.8, 4) is 21.8 Å². The molecule has 3 N–H and O–H groups in total. The fourth-order valence-corrected chi connectivity index (χ4v) is 7.98. The third-order valence-electron chi connectivity index (χ3n) is 6.29. The molecule has 198 valence electrons. The first-order chi connectivity index (χ1) is 17.4. The van der Waals surface area contributed by atoms with Gasteiger partial charge in [0, 0.05) is 33.9 Å². The van der Waals surface area contributed by atoms with Gasteiger partial charge in [-0.15, -0.1) is 11.3 Å². The average molecular weight is 547 g/mol. The minimum atomic E-state index is -3.90. The molecular weight excluding hydrogens is 516 g/mol. The van der Waals surface area contributed by atoms with E-state index in [0.717, 1.165) is 16.0 Å². The Kier molecular flexibility index (Phi) is 7.45. The molecule has 1 aliphatic rings. The Balaban J connectivity index is 1.67. The van der Waals surface area contributed by atoms with Gasteiger partial charge in [0.15, 0.2) is 22.0 Å². The molecule has 0 saturated carbocycles. The molecule has 1 aromatic carbocycles. The first-order valence-corrected chi connectivity index (χ1v) is 14.2. The second-order valence-electron chi connectivity index (χ2n) is 10.0. The van der Waals surface area contributed by atoms with Crippen LogP contribution in [0.2, 0.25) is 0 Å². The summed E-state index contributed by atoms with van der Waals surface area (Å²) in [6, 6.07) is 10.8. The molecule has 10 nitrogen and oxygen atoms in total. The summed E-state index contributed by atoms with van der Waals surface area (Å²) in [5.74, 6) is -0.470. The van der Waals surface area contributed by atoms with Crippen molar-refractivity contribution in [2.45, 2.75) is 43.9 Å². The molecule has 1 fully saturated rings. The predicted octanol–water partition coefficient (Wildman–Crippen LogP) is 3.79. The number of thiophene rings is 1. The zero-order valence-electron chi connectivity index (χ0n) is 20.9. The van der Waals surface area contributed by atoms with Crippen LogP contribution in [0.3, 0.4) is 0 Å². The van der Waals surface area contributed by atoms with E-state index in [0.29, 0.717) is 10.6 Å². The summed E-state index contributed by atoms with van der Waals surface area (Å²) in [6.07, 6.45) is 2.55. The molecule has 3 aromatic rings. The van der Waals surface area contributed by atoms with Crippen molar-refractivity contribution in [3.63, 3.8) is 0 Å². The van der Waals surface area contributed by atoms with Crippen molar-refractivity contribution >= 4 is 33.1 Å². The van der Waals surface area contributed by atoms with E-state index in [4.69, 9.17) is 4.42 Å². The molecule has 4 rings (SSSR count). The van der Waals surface area contributed by atoms with Crippen molar-refractivity contribution in [2.75, 3.05) is 18.8 Å². The predicted molar refractivity (Wildman–Crippen MR) is 140 cm³/mol. The van der Waals surface area contributed by atoms with Gasteiger partial charge >= 0.3 is 6.03 Å². The second-order valence-corrected chi connectivity index (χ2v) is 13.6. The number of hydroxylamine groups is 1. The number of sulfone groups is 1. The van der Waals surface area contributed by atoms with Gasteiger partial charge in [-0.25, -0.2) is 23.7 Å². The molecule has 1 atom stereocenters. The van der Waals surface area contributed by atoms with Crippen LogP contribution in [0.4, 0.5) is 4.79 Å². The van der Waals surface area contributed by atoms with Crippen LogP contribution in [0.5, 0.6) is 0 Å². The number of nitrogens with one attached hydrogen (secondary N) is 2. The topological polar surface area (TPSA) is 142 Å². The Hall–Kier alpha value is -3.22. The van der Waals surface area contributed by atoms with E-state index < -0.39 is 32.5 Å². The maximum absolute atomic E-state index is 13.7. The lowest BCUT2D eigenvalue weighted by atomic mass is 9.97. The molecule has 2 aromatic heterocycles. The summed E-state index contributed by atoms with van der Waals surface area (Å²) in [6.45, 7) is 5.69. The quantitative estimate of drug-likeness (QED) is 0.326. The van der Waals surface area contributed by atoms with Gasteiger partial charge in [-0.05, 0) is 44.9 Å². The fraction of sp³-hybridized carbons (Fsp3) is 0.400. The Labute approximate surface area is 219 Å². The summed E-state index contributed by atoms with van der Waals surface area (Å²) in [5, 5.41) is 12.1. The maximum atomic E-state index is 13.7. The molecule has 3 heterocycles. The summed E-state index contributed by atoms with van der Waals surface area (Å²) in [5.41, 5.74) is 2.83. The average Bonchev–Trinajstić information content (AvgIpc) is 3.52. The lowest BCUT2D eigenvalue weighted by Crippen LogP contribution is -2.49. The molecule has 1 saturated heterocycles. The Morgan fingerprint density at radius 3 is 2.46 bits per heavy atom. The Bertz CT molecular complexity index is 1360. The molecule has 0 spiro atoms. The number of hydrogen-bond donors (Lipinski definition) is 3. The molecule has 0 bridgehead atoms. The van der Waals surface area contributed by atoms with Crippen molar-refractivity contribution in [1.82, 2.24) is 20.7 Å². The number of carbonyl (C=O) groups excluding carboxylic acids is 2. The smallest absolute Gasteiger partial charge is 0.317 e. The molecule has 37 heavy (non-hydrogen) atoms. The third kappa shape index (κ3) is 5.71. The number of carbonyl (C=O) groups is 2. The monoisotopic (exact) mass is 546 g/mol. The molecule has 0 radical (unpaired) electrons. The van der Waals surface area contributed by atoms with E-state index in [1.807, 2.05) is 51.1 Å². The van der Waals surface area contributed by atoms with Gasteiger partial charge in [-0.3, -0.25) is 10.0 Å². The fourth-order valence-electron chi connectivity index (χ4n) is 4.37. The van der Waals surface area contributed by atoms with E-state index in [-0.39, 0.29) is 31.3 Å². The number of amides is 3. The van der Waals surface area contributed by atoms with Crippen LogP contribution >= 0.6 is 11.3 Å². The van der Waals surface area contributed by atoms with Gasteiger partial charge in [0.2, 0.25) is 5.91 Å². The molecule has 1 unspecified atom stereocenters. The summed E-state index contributed by atoms with van der Waals surface area (Å²) in [4.78, 5) is 31.9. The highest BCUT2D eigenvalue weighted by atomic mass is 32.2. The van der Waals surface area contributed by atoms with Crippen LogP contribution < -0.4 is 10.8 Å². The minimum absolute atomic E-state index is 0.00801. The van der Waals surface area contributed by atoms with Crippen LogP contribution in [0, 0.1) is 0 Å². The van der Waals surface area contributed by atoms with Gasteiger partial charge in [0.25, 0.3) is 0 Å². The molecule has 12 heteroatoms. The van der Waals surface area contributed by atoms with E-state index in [9.17, 15) is 23.2 Å². The number of benzene rings is 1. The Morgan fingerprint density at radius 2 is 1.84 bits per heavy atom. The highest BCUT2D eigenvalue weighted by Crippen LogP contribution is 2.45. The van der Waals surface area contributed by atoms with Crippen LogP contribution in [0.1, 0.15) is 38.5 Å². The van der Waals surface area contributed by atoms with Gasteiger partial charge in [0.1, 0.15) is 4.75 Å². The summed E-state index contributed by atoms with van der Waals surface area (Å²) in [7, 11) is -3.90. The lowest BCUT2D eigenvalue weighted by molar-refractivity contribution is -0.129. The minimum Gasteiger partial charge on any atom is -0.444 e. The number of hydrogen-bond acceptors (Lipinski definition) is 8. The SMILES string of the molecule is CC(C)(C)NC(=O)N1CCC(CC(=O)NO)(c2ccc(-c3ccc(-c4cnco4)cc3)s2)S(=O)(=O)CC1. The number of rotatable bonds is 5. The van der Waals surface area contributed by atoms with Crippen molar-refractivity contribution < 1.29 is 27.6 Å². The third-order valence-corrected chi connectivity index (χ3v) is 10.2. The number of urea groups is 1. The Morgan fingerprint density at radius 1 is 1.14 bits per heavy atom. The van der Waals surface area contributed by atoms with Gasteiger partial charge < -0.3 is 14.6 Å². The van der Waals surface area contributed by atoms with Crippen molar-refractivity contribution in [1.29, 1.82) is 0 Å². The first kappa shape index (κ1) is 26.8. The number of nitrogens with zero attached hydrogens (tertiary/aromatic N) is 2. The summed E-state index contributed by atoms with van der Waals surface area (Å²) < 4.78 is 31.2. The van der Waals surface area contributed by atoms with Crippen molar-refractivity contribution in [3.05, 3.63) is 53.9 Å². The molecule has 3 amide bonds. The summed E-state index contributed by atoms with van der Waals surface area (Å²) >= 11 is 1.28. The normalized spacial score (nSPS) is 19.7. The second kappa shape index (κ2) is 10.3. The van der Waals surface area contributed by atoms with E-state index in [1.54, 1.807) is 17.7 Å². The zero-order valence-corrected chi connectivity index (χ0v) is 22.5. The standard InChI is InChI=1S/C25H30N4O6S2/c1-24(2,3)27-23(31)29-11-10-25(14-22(30)28-32,37(33,34)13-12-29)21-9-8-20(36-21)18-6-4-17(5-7-18)19-15-26-16-35-19/h4-9,15-16,32H,10-14H2,1-3H3,(H,27,31)(H,28,30). The van der Waals surface area contributed by atoms with Crippen LogP contribution in [0.15, 0.2) is 53.4 Å². The highest BCUT2D eigenvalue weighted by molar-refractivity contribution is 7.92. The van der Waals surface area contributed by atoms with E-state index >= 15 is 0 Å². The molecule has 0 aliphatic carbocycles. The van der Waals surface area contributed by atoms with Gasteiger partial charge in [-0.2, -0.15) is 0 Å². The number of aromatic nitrogens is 1. The first-order valence-electron chi connectivity index (χ1n) is 11.8. The van der Waals surface area contributed by atoms with Gasteiger partial charge in [-0.1, -0.05) is 24.3 Å². The molecular formula is C25H30N4O6S2. The van der Waals surface area contributed by atoms with Gasteiger partial charge in [0.05, 0.1) is 18.4 Å². The molecule has 1 aliphatic heterocycles. The van der Waals surface area contributed by atoms with Crippen LogP contribution in [-0.4, -0.2) is 59.8 Å². The lowest BCUT2D eigenvalue weighted by Gasteiger charge is -2.31.